The van der Waals surface area contributed by atoms with Crippen LogP contribution in [-0.4, -0.2) is 101 Å². The third-order valence-electron chi connectivity index (χ3n) is 10.9. The average molecular weight is 832 g/mol. The first-order valence-electron chi connectivity index (χ1n) is 17.4. The third kappa shape index (κ3) is 5.54. The first-order chi connectivity index (χ1) is 26.4. The summed E-state index contributed by atoms with van der Waals surface area (Å²) in [5, 5.41) is 39.0. The molecule has 4 aliphatic rings. The van der Waals surface area contributed by atoms with Crippen molar-refractivity contribution < 1.29 is 44.1 Å². The number of hydrogen-bond donors (Lipinski definition) is 4. The van der Waals surface area contributed by atoms with Crippen LogP contribution in [0.4, 0.5) is 5.69 Å². The predicted octanol–water partition coefficient (Wildman–Crippen LogP) is 4.80. The van der Waals surface area contributed by atoms with Gasteiger partial charge >= 0.3 is 0 Å². The Balaban J connectivity index is 1.01. The van der Waals surface area contributed by atoms with E-state index >= 15 is 0 Å². The molecule has 55 heavy (non-hydrogen) atoms. The Hall–Kier alpha value is -5.51. The molecule has 3 aliphatic carbocycles. The lowest BCUT2D eigenvalue weighted by Crippen LogP contribution is -2.46. The van der Waals surface area contributed by atoms with E-state index in [4.69, 9.17) is 21.2 Å². The Morgan fingerprint density at radius 3 is 2.36 bits per heavy atom. The Labute approximate surface area is 325 Å². The van der Waals surface area contributed by atoms with E-state index in [9.17, 15) is 39.3 Å². The lowest BCUT2D eigenvalue weighted by Gasteiger charge is -2.36. The van der Waals surface area contributed by atoms with E-state index in [1.165, 1.54) is 6.21 Å². The number of ketones is 4. The maximum Gasteiger partial charge on any atom is 0.260 e. The number of piperazine rings is 1. The van der Waals surface area contributed by atoms with E-state index in [0.717, 1.165) is 58.0 Å². The summed E-state index contributed by atoms with van der Waals surface area (Å²) in [5.74, 6) is -6.80. The summed E-state index contributed by atoms with van der Waals surface area (Å²) < 4.78 is 5.29. The van der Waals surface area contributed by atoms with Crippen molar-refractivity contribution in [2.45, 2.75) is 24.7 Å². The van der Waals surface area contributed by atoms with Crippen molar-refractivity contribution in [2.24, 2.45) is 5.16 Å². The van der Waals surface area contributed by atoms with Crippen molar-refractivity contribution in [2.75, 3.05) is 51.3 Å². The Kier molecular flexibility index (Phi) is 9.05. The van der Waals surface area contributed by atoms with Gasteiger partial charge in [0, 0.05) is 64.9 Å². The molecule has 1 aliphatic heterocycles. The number of anilines is 1. The molecule has 1 fully saturated rings. The number of fused-ring (bicyclic) bond motifs is 5. The number of methoxy groups -OCH3 is 1. The lowest BCUT2D eigenvalue weighted by molar-refractivity contribution is 0.0790. The minimum atomic E-state index is -2.16. The number of Topliss-reactive ketones (excluding diaryl/α,β-unsaturated/α-hetero) is 3. The number of nitrogens with zero attached hydrogens (tertiary/aromatic N) is 3. The fourth-order valence-corrected chi connectivity index (χ4v) is 9.17. The van der Waals surface area contributed by atoms with Gasteiger partial charge in [0.1, 0.15) is 29.3 Å². The van der Waals surface area contributed by atoms with Crippen molar-refractivity contribution >= 4 is 73.3 Å². The number of rotatable bonds is 8. The fourth-order valence-electron chi connectivity index (χ4n) is 8.27. The number of benzene rings is 3. The van der Waals surface area contributed by atoms with Gasteiger partial charge in [-0.3, -0.25) is 28.9 Å². The van der Waals surface area contributed by atoms with E-state index in [-0.39, 0.29) is 34.9 Å². The molecule has 0 saturated carbocycles. The summed E-state index contributed by atoms with van der Waals surface area (Å²) in [5.41, 5.74) is -3.94. The van der Waals surface area contributed by atoms with Gasteiger partial charge in [-0.05, 0) is 65.0 Å². The SMILES string of the molecule is COC1=CC(=O)c2c(O)c3c(c(O)c2C1=O)C(=O)[C@]1(CCc2c1c(O)c1c(=O)[nH]c(/C=N/OCCCN4CCN(c5cccc(Cl)c5)CC4)cc1c2Br)C3=O. The average Bonchev–Trinajstić information content (AvgIpc) is 3.68. The van der Waals surface area contributed by atoms with Crippen molar-refractivity contribution in [3.8, 4) is 17.2 Å². The second kappa shape index (κ2) is 13.7. The van der Waals surface area contributed by atoms with E-state index in [0.29, 0.717) is 21.7 Å². The molecule has 4 N–H and O–H groups in total. The number of H-pyrrole nitrogens is 1. The van der Waals surface area contributed by atoms with Gasteiger partial charge < -0.3 is 34.8 Å². The highest BCUT2D eigenvalue weighted by molar-refractivity contribution is 9.10. The number of phenols is 3. The molecule has 0 unspecified atom stereocenters. The maximum absolute atomic E-state index is 14.3. The summed E-state index contributed by atoms with van der Waals surface area (Å²) in [6.07, 6.45) is 2.77. The summed E-state index contributed by atoms with van der Waals surface area (Å²) >= 11 is 9.67. The van der Waals surface area contributed by atoms with Gasteiger partial charge in [-0.2, -0.15) is 0 Å². The molecular formula is C39H32BrClN4O10. The number of carbonyl (C=O) groups is 4. The van der Waals surface area contributed by atoms with Crippen LogP contribution in [0.1, 0.15) is 71.1 Å². The highest BCUT2D eigenvalue weighted by Crippen LogP contribution is 2.58. The molecule has 2 heterocycles. The van der Waals surface area contributed by atoms with Crippen molar-refractivity contribution in [1.29, 1.82) is 0 Å². The van der Waals surface area contributed by atoms with Crippen molar-refractivity contribution in [3.05, 3.63) is 101 Å². The number of pyridine rings is 1. The number of allylic oxidation sites excluding steroid dienone is 2. The maximum atomic E-state index is 14.3. The molecule has 3 aromatic carbocycles. The van der Waals surface area contributed by atoms with Crippen LogP contribution in [-0.2, 0) is 21.4 Å². The molecule has 4 aromatic rings. The Morgan fingerprint density at radius 1 is 0.964 bits per heavy atom. The summed E-state index contributed by atoms with van der Waals surface area (Å²) in [4.78, 5) is 80.9. The highest BCUT2D eigenvalue weighted by atomic mass is 79.9. The quantitative estimate of drug-likeness (QED) is 0.0623. The zero-order chi connectivity index (χ0) is 38.9. The molecule has 0 radical (unpaired) electrons. The number of aromatic amines is 1. The standard InChI is InChI=1S/C39H32BrClN4O10/c1-54-24-16-23(46)26-27(32(24)47)34(49)29-28(33(26)48)36(51)39(37(29)52)7-6-21-30(39)35(50)25-22(31(21)40)15-19(43-38(25)53)17-42-55-13-3-8-44-9-11-45(12-10-44)20-5-2-4-18(41)14-20/h2,4-5,14-17,48-50H,3,6-13H2,1H3,(H,43,53)/b42-17+/t39-/m0/s1. The van der Waals surface area contributed by atoms with Crippen LogP contribution in [0.5, 0.6) is 17.2 Å². The number of oxime groups is 1. The van der Waals surface area contributed by atoms with Gasteiger partial charge in [-0.1, -0.05) is 22.8 Å². The summed E-state index contributed by atoms with van der Waals surface area (Å²) in [6.45, 7) is 4.74. The molecule has 282 valence electrons. The van der Waals surface area contributed by atoms with Crippen LogP contribution in [0.2, 0.25) is 5.02 Å². The summed E-state index contributed by atoms with van der Waals surface area (Å²) in [6, 6.07) is 9.39. The topological polar surface area (TPSA) is 199 Å². The molecule has 8 rings (SSSR count). The fraction of sp³-hybridized carbons (Fsp3) is 0.282. The third-order valence-corrected chi connectivity index (χ3v) is 12.0. The van der Waals surface area contributed by atoms with Gasteiger partial charge in [0.2, 0.25) is 5.78 Å². The highest BCUT2D eigenvalue weighted by Gasteiger charge is 2.62. The predicted molar refractivity (Wildman–Crippen MR) is 204 cm³/mol. The number of aromatic hydroxyl groups is 3. The largest absolute Gasteiger partial charge is 0.507 e. The molecule has 1 spiro atoms. The molecule has 14 nitrogen and oxygen atoms in total. The number of phenolic OH excluding ortho intramolecular Hbond substituents is 3. The number of ether oxygens (including phenoxy) is 1. The zero-order valence-corrected chi connectivity index (χ0v) is 31.5. The van der Waals surface area contributed by atoms with Crippen LogP contribution in [0.15, 0.2) is 56.6 Å². The van der Waals surface area contributed by atoms with Gasteiger partial charge in [0.25, 0.3) is 5.56 Å². The molecular weight excluding hydrogens is 800 g/mol. The lowest BCUT2D eigenvalue weighted by atomic mass is 9.76. The minimum absolute atomic E-state index is 0.0777. The van der Waals surface area contributed by atoms with E-state index in [1.54, 1.807) is 6.07 Å². The smallest absolute Gasteiger partial charge is 0.260 e. The normalized spacial score (nSPS) is 19.4. The summed E-state index contributed by atoms with van der Waals surface area (Å²) in [7, 11) is 1.14. The van der Waals surface area contributed by atoms with E-state index < -0.39 is 79.4 Å². The number of halogens is 2. The second-order valence-electron chi connectivity index (χ2n) is 13.8. The molecule has 0 amide bonds. The van der Waals surface area contributed by atoms with Gasteiger partial charge in [0.05, 0.1) is 46.7 Å². The monoisotopic (exact) mass is 830 g/mol. The zero-order valence-electron chi connectivity index (χ0n) is 29.2. The number of nitrogens with one attached hydrogen (secondary N) is 1. The van der Waals surface area contributed by atoms with Crippen LogP contribution in [0.25, 0.3) is 10.8 Å². The van der Waals surface area contributed by atoms with Crippen LogP contribution >= 0.6 is 27.5 Å². The first kappa shape index (κ1) is 36.5. The van der Waals surface area contributed by atoms with Gasteiger partial charge in [-0.15, -0.1) is 0 Å². The number of aromatic nitrogens is 1. The molecule has 1 atom stereocenters. The van der Waals surface area contributed by atoms with Crippen molar-refractivity contribution in [1.82, 2.24) is 9.88 Å². The minimum Gasteiger partial charge on any atom is -0.507 e. The first-order valence-corrected chi connectivity index (χ1v) is 18.6. The Bertz CT molecular complexity index is 2520. The molecule has 0 bridgehead atoms. The molecule has 16 heteroatoms. The second-order valence-corrected chi connectivity index (χ2v) is 15.0. The van der Waals surface area contributed by atoms with Gasteiger partial charge in [-0.25, -0.2) is 0 Å². The van der Waals surface area contributed by atoms with Crippen LogP contribution in [0, 0.1) is 0 Å². The van der Waals surface area contributed by atoms with Crippen LogP contribution < -0.4 is 10.5 Å². The number of hydrogen-bond acceptors (Lipinski definition) is 13. The Morgan fingerprint density at radius 2 is 1.67 bits per heavy atom. The van der Waals surface area contributed by atoms with E-state index in [2.05, 4.69) is 41.9 Å². The molecule has 1 saturated heterocycles. The molecule has 1 aromatic heterocycles. The van der Waals surface area contributed by atoms with Crippen molar-refractivity contribution in [3.63, 3.8) is 0 Å². The van der Waals surface area contributed by atoms with Gasteiger partial charge in [0.15, 0.2) is 23.1 Å². The van der Waals surface area contributed by atoms with Crippen LogP contribution in [0.3, 0.4) is 0 Å². The van der Waals surface area contributed by atoms with E-state index in [1.807, 2.05) is 18.2 Å². The number of carbonyl (C=O) groups excluding carboxylic acids is 4.